The van der Waals surface area contributed by atoms with Gasteiger partial charge in [0.05, 0.1) is 11.5 Å². The summed E-state index contributed by atoms with van der Waals surface area (Å²) in [7, 11) is 1.63. The molecule has 0 unspecified atom stereocenters. The molecular weight excluding hydrogens is 399 g/mol. The number of likely N-dealkylation sites (tertiary alicyclic amines) is 2. The van der Waals surface area contributed by atoms with Crippen LogP contribution in [0.15, 0.2) is 24.3 Å². The van der Waals surface area contributed by atoms with Crippen LogP contribution in [0.3, 0.4) is 0 Å². The zero-order valence-corrected chi connectivity index (χ0v) is 18.1. The maximum Gasteiger partial charge on any atom is 0.241 e. The number of piperidine rings is 1. The van der Waals surface area contributed by atoms with Crippen molar-refractivity contribution in [3.05, 3.63) is 35.6 Å². The van der Waals surface area contributed by atoms with Gasteiger partial charge in [-0.3, -0.25) is 19.3 Å². The van der Waals surface area contributed by atoms with Crippen LogP contribution in [-0.4, -0.2) is 59.9 Å². The first-order valence-electron chi connectivity index (χ1n) is 11.4. The van der Waals surface area contributed by atoms with Crippen molar-refractivity contribution in [2.75, 3.05) is 20.2 Å². The summed E-state index contributed by atoms with van der Waals surface area (Å²) in [6.07, 6.45) is 5.90. The molecule has 4 rings (SSSR count). The SMILES string of the molecule is CO[C@H]1CCCN(C(=O)C[C@]2(c3ccccc3F)CC(=O)N(C3CCCCC3)C2=O)C1. The number of ether oxygens (including phenoxy) is 1. The highest BCUT2D eigenvalue weighted by molar-refractivity contribution is 6.11. The average molecular weight is 431 g/mol. The smallest absolute Gasteiger partial charge is 0.241 e. The lowest BCUT2D eigenvalue weighted by atomic mass is 9.75. The average Bonchev–Trinajstić information content (AvgIpc) is 3.04. The lowest BCUT2D eigenvalue weighted by molar-refractivity contribution is -0.146. The van der Waals surface area contributed by atoms with Crippen LogP contribution >= 0.6 is 0 Å². The molecule has 1 aromatic rings. The first kappa shape index (κ1) is 21.9. The maximum atomic E-state index is 14.9. The topological polar surface area (TPSA) is 66.9 Å². The lowest BCUT2D eigenvalue weighted by Gasteiger charge is -2.36. The summed E-state index contributed by atoms with van der Waals surface area (Å²) >= 11 is 0. The molecule has 1 aromatic carbocycles. The normalized spacial score (nSPS) is 27.7. The summed E-state index contributed by atoms with van der Waals surface area (Å²) in [6.45, 7) is 1.04. The fourth-order valence-electron chi connectivity index (χ4n) is 5.49. The third-order valence-electron chi connectivity index (χ3n) is 7.20. The summed E-state index contributed by atoms with van der Waals surface area (Å²) < 4.78 is 20.4. The van der Waals surface area contributed by atoms with E-state index in [4.69, 9.17) is 4.74 Å². The Labute approximate surface area is 182 Å². The summed E-state index contributed by atoms with van der Waals surface area (Å²) in [5, 5.41) is 0. The number of carbonyl (C=O) groups is 3. The molecule has 7 heteroatoms. The fourth-order valence-corrected chi connectivity index (χ4v) is 5.49. The number of benzene rings is 1. The van der Waals surface area contributed by atoms with Gasteiger partial charge in [0.25, 0.3) is 0 Å². The Balaban J connectivity index is 1.66. The van der Waals surface area contributed by atoms with E-state index in [0.29, 0.717) is 13.1 Å². The highest BCUT2D eigenvalue weighted by Crippen LogP contribution is 2.43. The van der Waals surface area contributed by atoms with Crippen molar-refractivity contribution in [2.24, 2.45) is 0 Å². The number of methoxy groups -OCH3 is 1. The Morgan fingerprint density at radius 1 is 1.13 bits per heavy atom. The van der Waals surface area contributed by atoms with Gasteiger partial charge in [0, 0.05) is 44.6 Å². The van der Waals surface area contributed by atoms with E-state index >= 15 is 0 Å². The van der Waals surface area contributed by atoms with Gasteiger partial charge in [-0.2, -0.15) is 0 Å². The lowest BCUT2D eigenvalue weighted by Crippen LogP contribution is -2.49. The highest BCUT2D eigenvalue weighted by Gasteiger charge is 2.56. The minimum absolute atomic E-state index is 0.0400. The van der Waals surface area contributed by atoms with Gasteiger partial charge in [0.15, 0.2) is 0 Å². The number of hydrogen-bond acceptors (Lipinski definition) is 4. The third-order valence-corrected chi connectivity index (χ3v) is 7.20. The summed E-state index contributed by atoms with van der Waals surface area (Å²) in [5.74, 6) is -1.48. The van der Waals surface area contributed by atoms with Crippen LogP contribution in [0.25, 0.3) is 0 Å². The molecule has 168 valence electrons. The van der Waals surface area contributed by atoms with Gasteiger partial charge < -0.3 is 9.64 Å². The quantitative estimate of drug-likeness (QED) is 0.673. The van der Waals surface area contributed by atoms with Crippen LogP contribution < -0.4 is 0 Å². The van der Waals surface area contributed by atoms with E-state index < -0.39 is 17.1 Å². The second kappa shape index (κ2) is 9.07. The van der Waals surface area contributed by atoms with Crippen molar-refractivity contribution >= 4 is 17.7 Å². The van der Waals surface area contributed by atoms with Crippen LogP contribution in [-0.2, 0) is 24.5 Å². The molecule has 31 heavy (non-hydrogen) atoms. The van der Waals surface area contributed by atoms with Crippen molar-refractivity contribution in [3.8, 4) is 0 Å². The van der Waals surface area contributed by atoms with Crippen molar-refractivity contribution in [3.63, 3.8) is 0 Å². The van der Waals surface area contributed by atoms with E-state index in [0.717, 1.165) is 44.9 Å². The van der Waals surface area contributed by atoms with Crippen LogP contribution in [0.1, 0.15) is 63.4 Å². The molecular formula is C24H31FN2O4. The zero-order valence-electron chi connectivity index (χ0n) is 18.1. The Morgan fingerprint density at radius 3 is 2.58 bits per heavy atom. The van der Waals surface area contributed by atoms with E-state index in [1.165, 1.54) is 11.0 Å². The molecule has 2 saturated heterocycles. The molecule has 2 aliphatic heterocycles. The summed E-state index contributed by atoms with van der Waals surface area (Å²) in [4.78, 5) is 43.2. The third kappa shape index (κ3) is 4.12. The molecule has 2 heterocycles. The first-order chi connectivity index (χ1) is 15.0. The second-order valence-corrected chi connectivity index (χ2v) is 9.12. The summed E-state index contributed by atoms with van der Waals surface area (Å²) in [5.41, 5.74) is -1.32. The molecule has 0 spiro atoms. The predicted octanol–water partition coefficient (Wildman–Crippen LogP) is 3.18. The molecule has 6 nitrogen and oxygen atoms in total. The molecule has 3 aliphatic rings. The Kier molecular flexibility index (Phi) is 6.42. The molecule has 0 bridgehead atoms. The van der Waals surface area contributed by atoms with E-state index in [1.54, 1.807) is 30.2 Å². The van der Waals surface area contributed by atoms with Crippen molar-refractivity contribution in [1.29, 1.82) is 0 Å². The standard InChI is InChI=1S/C24H31FN2O4/c1-31-18-10-7-13-26(16-18)21(28)14-24(19-11-5-6-12-20(19)25)15-22(29)27(23(24)30)17-8-3-2-4-9-17/h5-6,11-12,17-18H,2-4,7-10,13-16H2,1H3/t18-,24+/m0/s1. The van der Waals surface area contributed by atoms with Gasteiger partial charge in [-0.25, -0.2) is 4.39 Å². The molecule has 3 fully saturated rings. The van der Waals surface area contributed by atoms with Gasteiger partial charge in [0.1, 0.15) is 5.82 Å². The zero-order chi connectivity index (χ0) is 22.0. The predicted molar refractivity (Wildman–Crippen MR) is 113 cm³/mol. The van der Waals surface area contributed by atoms with E-state index in [2.05, 4.69) is 0 Å². The van der Waals surface area contributed by atoms with Gasteiger partial charge in [-0.1, -0.05) is 37.5 Å². The number of hydrogen-bond donors (Lipinski definition) is 0. The van der Waals surface area contributed by atoms with Gasteiger partial charge in [-0.15, -0.1) is 0 Å². The monoisotopic (exact) mass is 430 g/mol. The number of rotatable bonds is 5. The number of carbonyl (C=O) groups excluding carboxylic acids is 3. The van der Waals surface area contributed by atoms with Crippen LogP contribution in [0.5, 0.6) is 0 Å². The molecule has 0 aromatic heterocycles. The second-order valence-electron chi connectivity index (χ2n) is 9.12. The molecule has 2 atom stereocenters. The van der Waals surface area contributed by atoms with Gasteiger partial charge in [0.2, 0.25) is 17.7 Å². The Hall–Kier alpha value is -2.28. The highest BCUT2D eigenvalue weighted by atomic mass is 19.1. The molecule has 1 aliphatic carbocycles. The molecule has 3 amide bonds. The van der Waals surface area contributed by atoms with Crippen molar-refractivity contribution in [2.45, 2.75) is 75.3 Å². The largest absolute Gasteiger partial charge is 0.380 e. The Morgan fingerprint density at radius 2 is 1.87 bits per heavy atom. The van der Waals surface area contributed by atoms with Crippen LogP contribution in [0, 0.1) is 5.82 Å². The van der Waals surface area contributed by atoms with E-state index in [-0.39, 0.29) is 42.4 Å². The van der Waals surface area contributed by atoms with Gasteiger partial charge >= 0.3 is 0 Å². The Bertz CT molecular complexity index is 854. The van der Waals surface area contributed by atoms with E-state index in [9.17, 15) is 18.8 Å². The van der Waals surface area contributed by atoms with Crippen LogP contribution in [0.2, 0.25) is 0 Å². The minimum atomic E-state index is -1.48. The van der Waals surface area contributed by atoms with Crippen LogP contribution in [0.4, 0.5) is 4.39 Å². The van der Waals surface area contributed by atoms with Crippen molar-refractivity contribution < 1.29 is 23.5 Å². The maximum absolute atomic E-state index is 14.9. The first-order valence-corrected chi connectivity index (χ1v) is 11.4. The van der Waals surface area contributed by atoms with E-state index in [1.807, 2.05) is 0 Å². The van der Waals surface area contributed by atoms with Crippen molar-refractivity contribution in [1.82, 2.24) is 9.80 Å². The molecule has 0 radical (unpaired) electrons. The fraction of sp³-hybridized carbons (Fsp3) is 0.625. The molecule has 1 saturated carbocycles. The summed E-state index contributed by atoms with van der Waals surface area (Å²) in [6, 6.07) is 5.91. The number of amides is 3. The number of imide groups is 1. The minimum Gasteiger partial charge on any atom is -0.380 e. The van der Waals surface area contributed by atoms with Gasteiger partial charge in [-0.05, 0) is 31.7 Å². The number of nitrogens with zero attached hydrogens (tertiary/aromatic N) is 2. The number of halogens is 1. The molecule has 0 N–H and O–H groups in total.